The average molecular weight is 375 g/mol. The van der Waals surface area contributed by atoms with Crippen molar-refractivity contribution in [2.24, 2.45) is 0 Å². The number of nitrogens with zero attached hydrogens (tertiary/aromatic N) is 1. The van der Waals surface area contributed by atoms with Crippen molar-refractivity contribution in [3.8, 4) is 11.1 Å². The molecule has 2 heteroatoms. The van der Waals surface area contributed by atoms with Gasteiger partial charge in [-0.2, -0.15) is 0 Å². The number of thiazole rings is 1. The van der Waals surface area contributed by atoms with Gasteiger partial charge in [0, 0.05) is 0 Å². The molecule has 0 saturated carbocycles. The SMILES string of the molecule is c1ccc(C2(c3nc4ccccc4s3)c3ccccc3-c3ccccc32)cc1. The molecule has 28 heavy (non-hydrogen) atoms. The maximum absolute atomic E-state index is 5.16. The Hall–Kier alpha value is -3.23. The van der Waals surface area contributed by atoms with E-state index in [1.807, 2.05) is 0 Å². The molecule has 0 atom stereocenters. The van der Waals surface area contributed by atoms with Gasteiger partial charge in [0.05, 0.1) is 15.6 Å². The average Bonchev–Trinajstić information content (AvgIpc) is 3.32. The van der Waals surface area contributed by atoms with Crippen LogP contribution in [-0.2, 0) is 5.41 Å². The standard InChI is InChI=1S/C26H17NS/c1-2-10-18(11-3-1)26(25-27-23-16-8-9-17-24(23)28-25)21-14-6-4-12-19(21)20-13-5-7-15-22(20)26/h1-17H. The normalized spacial score (nSPS) is 14.0. The van der Waals surface area contributed by atoms with Crippen LogP contribution < -0.4 is 0 Å². The molecule has 132 valence electrons. The van der Waals surface area contributed by atoms with Gasteiger partial charge in [-0.15, -0.1) is 11.3 Å². The summed E-state index contributed by atoms with van der Waals surface area (Å²) in [6.07, 6.45) is 0. The first-order chi connectivity index (χ1) is 13.9. The summed E-state index contributed by atoms with van der Waals surface area (Å²) in [4.78, 5) is 5.16. The van der Waals surface area contributed by atoms with Crippen molar-refractivity contribution in [2.75, 3.05) is 0 Å². The van der Waals surface area contributed by atoms with Crippen LogP contribution in [-0.4, -0.2) is 4.98 Å². The zero-order valence-electron chi connectivity index (χ0n) is 15.2. The van der Waals surface area contributed by atoms with Crippen molar-refractivity contribution in [2.45, 2.75) is 5.41 Å². The first kappa shape index (κ1) is 15.8. The molecule has 0 radical (unpaired) electrons. The van der Waals surface area contributed by atoms with Gasteiger partial charge >= 0.3 is 0 Å². The summed E-state index contributed by atoms with van der Waals surface area (Å²) < 4.78 is 1.23. The smallest absolute Gasteiger partial charge is 0.113 e. The van der Waals surface area contributed by atoms with E-state index in [1.54, 1.807) is 11.3 Å². The lowest BCUT2D eigenvalue weighted by Gasteiger charge is -2.30. The monoisotopic (exact) mass is 375 g/mol. The number of benzene rings is 4. The number of hydrogen-bond acceptors (Lipinski definition) is 2. The Morgan fingerprint density at radius 2 is 1.14 bits per heavy atom. The summed E-state index contributed by atoms with van der Waals surface area (Å²) >= 11 is 1.80. The first-order valence-corrected chi connectivity index (χ1v) is 10.3. The van der Waals surface area contributed by atoms with Crippen LogP contribution in [0.5, 0.6) is 0 Å². The molecule has 0 unspecified atom stereocenters. The fourth-order valence-electron chi connectivity index (χ4n) is 4.62. The molecule has 1 aliphatic rings. The highest BCUT2D eigenvalue weighted by atomic mass is 32.1. The second-order valence-corrected chi connectivity index (χ2v) is 8.22. The second-order valence-electron chi connectivity index (χ2n) is 7.19. The summed E-state index contributed by atoms with van der Waals surface area (Å²) in [5.41, 5.74) is 7.22. The predicted molar refractivity (Wildman–Crippen MR) is 117 cm³/mol. The molecule has 1 aromatic heterocycles. The van der Waals surface area contributed by atoms with Gasteiger partial charge in [0.1, 0.15) is 5.01 Å². The third-order valence-corrected chi connectivity index (χ3v) is 6.93. The Labute approximate surface area is 168 Å². The van der Waals surface area contributed by atoms with Crippen LogP contribution in [0.3, 0.4) is 0 Å². The van der Waals surface area contributed by atoms with Crippen LogP contribution in [0.15, 0.2) is 103 Å². The van der Waals surface area contributed by atoms with Gasteiger partial charge in [0.25, 0.3) is 0 Å². The Kier molecular flexibility index (Phi) is 3.32. The van der Waals surface area contributed by atoms with Gasteiger partial charge in [-0.3, -0.25) is 0 Å². The molecule has 0 N–H and O–H groups in total. The number of aromatic nitrogens is 1. The van der Waals surface area contributed by atoms with Crippen LogP contribution in [0.25, 0.3) is 21.3 Å². The Morgan fingerprint density at radius 3 is 1.82 bits per heavy atom. The van der Waals surface area contributed by atoms with Gasteiger partial charge in [0.15, 0.2) is 0 Å². The minimum Gasteiger partial charge on any atom is -0.239 e. The van der Waals surface area contributed by atoms with E-state index in [9.17, 15) is 0 Å². The molecule has 5 aromatic rings. The highest BCUT2D eigenvalue weighted by molar-refractivity contribution is 7.18. The Bertz CT molecular complexity index is 1240. The predicted octanol–water partition coefficient (Wildman–Crippen LogP) is 6.66. The van der Waals surface area contributed by atoms with Crippen LogP contribution in [0, 0.1) is 0 Å². The van der Waals surface area contributed by atoms with Crippen molar-refractivity contribution >= 4 is 21.6 Å². The second kappa shape index (κ2) is 5.88. The third-order valence-electron chi connectivity index (χ3n) is 5.77. The molecular formula is C26H17NS. The number of para-hydroxylation sites is 1. The lowest BCUT2D eigenvalue weighted by molar-refractivity contribution is 0.761. The number of fused-ring (bicyclic) bond motifs is 4. The van der Waals surface area contributed by atoms with E-state index in [0.717, 1.165) is 10.5 Å². The van der Waals surface area contributed by atoms with Crippen molar-refractivity contribution in [3.05, 3.63) is 125 Å². The summed E-state index contributed by atoms with van der Waals surface area (Å²) in [5.74, 6) is 0. The Balaban J connectivity index is 1.81. The van der Waals surface area contributed by atoms with Crippen molar-refractivity contribution in [1.29, 1.82) is 0 Å². The summed E-state index contributed by atoms with van der Waals surface area (Å²) in [6, 6.07) is 36.9. The van der Waals surface area contributed by atoms with Crippen LogP contribution in [0.2, 0.25) is 0 Å². The number of hydrogen-bond donors (Lipinski definition) is 0. The molecule has 0 fully saturated rings. The summed E-state index contributed by atoms with van der Waals surface area (Å²) in [5, 5.41) is 1.14. The fourth-order valence-corrected chi connectivity index (χ4v) is 5.83. The molecule has 0 spiro atoms. The van der Waals surface area contributed by atoms with Crippen molar-refractivity contribution < 1.29 is 0 Å². The maximum atomic E-state index is 5.16. The number of rotatable bonds is 2. The molecule has 4 aromatic carbocycles. The molecule has 0 bridgehead atoms. The van der Waals surface area contributed by atoms with E-state index in [2.05, 4.69) is 103 Å². The van der Waals surface area contributed by atoms with Crippen LogP contribution in [0.4, 0.5) is 0 Å². The van der Waals surface area contributed by atoms with E-state index < -0.39 is 0 Å². The topological polar surface area (TPSA) is 12.9 Å². The lowest BCUT2D eigenvalue weighted by Crippen LogP contribution is -2.28. The minimum atomic E-state index is -0.377. The van der Waals surface area contributed by atoms with E-state index in [1.165, 1.54) is 32.5 Å². The van der Waals surface area contributed by atoms with Crippen molar-refractivity contribution in [3.63, 3.8) is 0 Å². The van der Waals surface area contributed by atoms with Crippen molar-refractivity contribution in [1.82, 2.24) is 4.98 Å². The third kappa shape index (κ3) is 1.98. The molecule has 0 aliphatic heterocycles. The zero-order chi connectivity index (χ0) is 18.6. The molecule has 1 aliphatic carbocycles. The van der Waals surface area contributed by atoms with Crippen LogP contribution >= 0.6 is 11.3 Å². The Morgan fingerprint density at radius 1 is 0.571 bits per heavy atom. The van der Waals surface area contributed by atoms with Gasteiger partial charge in [0.2, 0.25) is 0 Å². The van der Waals surface area contributed by atoms with Crippen LogP contribution in [0.1, 0.15) is 21.7 Å². The first-order valence-electron chi connectivity index (χ1n) is 9.50. The van der Waals surface area contributed by atoms with E-state index in [0.29, 0.717) is 0 Å². The quantitative estimate of drug-likeness (QED) is 0.330. The van der Waals surface area contributed by atoms with E-state index in [4.69, 9.17) is 4.98 Å². The summed E-state index contributed by atoms with van der Waals surface area (Å²) in [6.45, 7) is 0. The summed E-state index contributed by atoms with van der Waals surface area (Å²) in [7, 11) is 0. The zero-order valence-corrected chi connectivity index (χ0v) is 16.0. The van der Waals surface area contributed by atoms with Gasteiger partial charge < -0.3 is 0 Å². The molecule has 1 nitrogen and oxygen atoms in total. The molecule has 1 heterocycles. The highest BCUT2D eigenvalue weighted by Crippen LogP contribution is 2.56. The molecule has 0 amide bonds. The lowest BCUT2D eigenvalue weighted by atomic mass is 9.73. The van der Waals surface area contributed by atoms with E-state index >= 15 is 0 Å². The highest BCUT2D eigenvalue weighted by Gasteiger charge is 2.48. The fraction of sp³-hybridized carbons (Fsp3) is 0.0385. The van der Waals surface area contributed by atoms with Gasteiger partial charge in [-0.25, -0.2) is 4.98 Å². The largest absolute Gasteiger partial charge is 0.239 e. The van der Waals surface area contributed by atoms with Gasteiger partial charge in [-0.05, 0) is 39.9 Å². The van der Waals surface area contributed by atoms with Gasteiger partial charge in [-0.1, -0.05) is 91.0 Å². The molecule has 0 saturated heterocycles. The minimum absolute atomic E-state index is 0.377. The maximum Gasteiger partial charge on any atom is 0.113 e. The van der Waals surface area contributed by atoms with E-state index in [-0.39, 0.29) is 5.41 Å². The molecular weight excluding hydrogens is 358 g/mol. The molecule has 6 rings (SSSR count).